The van der Waals surface area contributed by atoms with Crippen LogP contribution in [-0.4, -0.2) is 7.11 Å². The van der Waals surface area contributed by atoms with Crippen LogP contribution in [0.2, 0.25) is 0 Å². The number of allylic oxidation sites excluding steroid dienone is 2. The van der Waals surface area contributed by atoms with E-state index in [0.717, 1.165) is 11.3 Å². The Morgan fingerprint density at radius 1 is 1.31 bits per heavy atom. The predicted molar refractivity (Wildman–Crippen MR) is 56.4 cm³/mol. The third-order valence-corrected chi connectivity index (χ3v) is 1.83. The van der Waals surface area contributed by atoms with Crippen molar-refractivity contribution in [1.82, 2.24) is 0 Å². The number of methoxy groups -OCH3 is 1. The Morgan fingerprint density at radius 2 is 1.92 bits per heavy atom. The maximum Gasteiger partial charge on any atom is 0.126 e. The molecule has 0 unspecified atom stereocenters. The van der Waals surface area contributed by atoms with Gasteiger partial charge in [0.1, 0.15) is 5.76 Å². The number of benzene rings is 1. The smallest absolute Gasteiger partial charge is 0.126 e. The summed E-state index contributed by atoms with van der Waals surface area (Å²) >= 11 is 0. The SMILES string of the molecule is C=C/C=C(\OC)c1ccc(C)cc1. The van der Waals surface area contributed by atoms with E-state index >= 15 is 0 Å². The molecule has 1 heteroatoms. The van der Waals surface area contributed by atoms with Crippen LogP contribution in [0.5, 0.6) is 0 Å². The van der Waals surface area contributed by atoms with Gasteiger partial charge < -0.3 is 4.74 Å². The van der Waals surface area contributed by atoms with Gasteiger partial charge in [0.2, 0.25) is 0 Å². The Hall–Kier alpha value is -1.50. The van der Waals surface area contributed by atoms with Crippen molar-refractivity contribution < 1.29 is 4.74 Å². The average Bonchev–Trinajstić information content (AvgIpc) is 2.16. The van der Waals surface area contributed by atoms with Gasteiger partial charge >= 0.3 is 0 Å². The lowest BCUT2D eigenvalue weighted by atomic mass is 10.1. The molecule has 0 aliphatic carbocycles. The van der Waals surface area contributed by atoms with Gasteiger partial charge in [-0.05, 0) is 13.0 Å². The molecule has 68 valence electrons. The summed E-state index contributed by atoms with van der Waals surface area (Å²) < 4.78 is 5.21. The molecule has 0 aromatic heterocycles. The molecule has 0 spiro atoms. The molecular weight excluding hydrogens is 160 g/mol. The van der Waals surface area contributed by atoms with Gasteiger partial charge in [-0.15, -0.1) is 0 Å². The summed E-state index contributed by atoms with van der Waals surface area (Å²) in [7, 11) is 1.66. The highest BCUT2D eigenvalue weighted by molar-refractivity contribution is 5.61. The lowest BCUT2D eigenvalue weighted by Crippen LogP contribution is -1.86. The second kappa shape index (κ2) is 4.51. The van der Waals surface area contributed by atoms with Crippen LogP contribution in [0.15, 0.2) is 43.0 Å². The average molecular weight is 174 g/mol. The fourth-order valence-electron chi connectivity index (χ4n) is 1.11. The van der Waals surface area contributed by atoms with E-state index in [1.54, 1.807) is 13.2 Å². The molecule has 0 N–H and O–H groups in total. The lowest BCUT2D eigenvalue weighted by molar-refractivity contribution is 0.370. The van der Waals surface area contributed by atoms with E-state index in [4.69, 9.17) is 4.74 Å². The van der Waals surface area contributed by atoms with E-state index in [2.05, 4.69) is 25.6 Å². The molecule has 13 heavy (non-hydrogen) atoms. The van der Waals surface area contributed by atoms with E-state index in [1.165, 1.54) is 5.56 Å². The molecule has 0 saturated heterocycles. The highest BCUT2D eigenvalue weighted by Crippen LogP contribution is 2.15. The Bertz CT molecular complexity index is 306. The van der Waals surface area contributed by atoms with Gasteiger partial charge in [0.25, 0.3) is 0 Å². The second-order valence-electron chi connectivity index (χ2n) is 2.84. The molecular formula is C12H14O. The Balaban J connectivity index is 2.99. The summed E-state index contributed by atoms with van der Waals surface area (Å²) in [4.78, 5) is 0. The van der Waals surface area contributed by atoms with Gasteiger partial charge in [-0.25, -0.2) is 0 Å². The van der Waals surface area contributed by atoms with Crippen LogP contribution in [-0.2, 0) is 4.74 Å². The highest BCUT2D eigenvalue weighted by Gasteiger charge is 1.97. The molecule has 0 atom stereocenters. The van der Waals surface area contributed by atoms with Crippen LogP contribution in [0.1, 0.15) is 11.1 Å². The lowest BCUT2D eigenvalue weighted by Gasteiger charge is -2.05. The van der Waals surface area contributed by atoms with Crippen LogP contribution in [0.3, 0.4) is 0 Å². The molecule has 0 radical (unpaired) electrons. The Kier molecular flexibility index (Phi) is 3.32. The van der Waals surface area contributed by atoms with Crippen molar-refractivity contribution in [3.05, 3.63) is 54.1 Å². The summed E-state index contributed by atoms with van der Waals surface area (Å²) in [5.74, 6) is 0.843. The summed E-state index contributed by atoms with van der Waals surface area (Å²) in [6, 6.07) is 8.19. The standard InChI is InChI=1S/C12H14O/c1-4-5-12(13-3)11-8-6-10(2)7-9-11/h4-9H,1H2,2-3H3/b12-5-. The summed E-state index contributed by atoms with van der Waals surface area (Å²) in [5, 5.41) is 0. The molecule has 0 fully saturated rings. The molecule has 0 amide bonds. The topological polar surface area (TPSA) is 9.23 Å². The third kappa shape index (κ3) is 2.48. The van der Waals surface area contributed by atoms with Crippen molar-refractivity contribution in [2.24, 2.45) is 0 Å². The summed E-state index contributed by atoms with van der Waals surface area (Å²) in [6.07, 6.45) is 3.57. The number of ether oxygens (including phenoxy) is 1. The number of rotatable bonds is 3. The van der Waals surface area contributed by atoms with Crippen LogP contribution in [0.4, 0.5) is 0 Å². The molecule has 1 aromatic rings. The normalized spacial score (nSPS) is 11.1. The summed E-state index contributed by atoms with van der Waals surface area (Å²) in [5.41, 5.74) is 2.32. The third-order valence-electron chi connectivity index (χ3n) is 1.83. The van der Waals surface area contributed by atoms with E-state index in [0.29, 0.717) is 0 Å². The monoisotopic (exact) mass is 174 g/mol. The predicted octanol–water partition coefficient (Wildman–Crippen LogP) is 3.17. The van der Waals surface area contributed by atoms with Crippen LogP contribution >= 0.6 is 0 Å². The molecule has 1 nitrogen and oxygen atoms in total. The van der Waals surface area contributed by atoms with Crippen molar-refractivity contribution in [3.8, 4) is 0 Å². The minimum absolute atomic E-state index is 0.843. The molecule has 1 rings (SSSR count). The molecule has 0 aliphatic heterocycles. The largest absolute Gasteiger partial charge is 0.496 e. The first-order chi connectivity index (χ1) is 6.27. The van der Waals surface area contributed by atoms with E-state index in [9.17, 15) is 0 Å². The van der Waals surface area contributed by atoms with Gasteiger partial charge in [-0.1, -0.05) is 42.5 Å². The van der Waals surface area contributed by atoms with Gasteiger partial charge in [0, 0.05) is 5.56 Å². The van der Waals surface area contributed by atoms with E-state index in [-0.39, 0.29) is 0 Å². The van der Waals surface area contributed by atoms with Crippen LogP contribution in [0, 0.1) is 6.92 Å². The Morgan fingerprint density at radius 3 is 2.38 bits per heavy atom. The van der Waals surface area contributed by atoms with E-state index in [1.807, 2.05) is 18.2 Å². The minimum Gasteiger partial charge on any atom is -0.496 e. The Labute approximate surface area is 79.4 Å². The second-order valence-corrected chi connectivity index (χ2v) is 2.84. The molecule has 0 aliphatic rings. The number of hydrogen-bond donors (Lipinski definition) is 0. The zero-order valence-electron chi connectivity index (χ0n) is 8.08. The van der Waals surface area contributed by atoms with Gasteiger partial charge in [-0.3, -0.25) is 0 Å². The first-order valence-corrected chi connectivity index (χ1v) is 4.21. The molecule has 0 heterocycles. The van der Waals surface area contributed by atoms with Crippen LogP contribution < -0.4 is 0 Å². The van der Waals surface area contributed by atoms with E-state index < -0.39 is 0 Å². The zero-order valence-corrected chi connectivity index (χ0v) is 8.08. The molecule has 1 aromatic carbocycles. The zero-order chi connectivity index (χ0) is 9.68. The van der Waals surface area contributed by atoms with Crippen molar-refractivity contribution in [2.75, 3.05) is 7.11 Å². The van der Waals surface area contributed by atoms with Crippen molar-refractivity contribution in [3.63, 3.8) is 0 Å². The van der Waals surface area contributed by atoms with Gasteiger partial charge in [0.15, 0.2) is 0 Å². The summed E-state index contributed by atoms with van der Waals surface area (Å²) in [6.45, 7) is 5.70. The molecule has 0 saturated carbocycles. The maximum atomic E-state index is 5.21. The number of aryl methyl sites for hydroxylation is 1. The van der Waals surface area contributed by atoms with Crippen molar-refractivity contribution >= 4 is 5.76 Å². The first-order valence-electron chi connectivity index (χ1n) is 4.21. The molecule has 0 bridgehead atoms. The van der Waals surface area contributed by atoms with Crippen molar-refractivity contribution in [1.29, 1.82) is 0 Å². The van der Waals surface area contributed by atoms with Gasteiger partial charge in [-0.2, -0.15) is 0 Å². The fourth-order valence-corrected chi connectivity index (χ4v) is 1.11. The quantitative estimate of drug-likeness (QED) is 0.505. The van der Waals surface area contributed by atoms with Crippen molar-refractivity contribution in [2.45, 2.75) is 6.92 Å². The van der Waals surface area contributed by atoms with Gasteiger partial charge in [0.05, 0.1) is 7.11 Å². The van der Waals surface area contributed by atoms with Crippen LogP contribution in [0.25, 0.3) is 5.76 Å². The maximum absolute atomic E-state index is 5.21. The number of hydrogen-bond acceptors (Lipinski definition) is 1. The fraction of sp³-hybridized carbons (Fsp3) is 0.167. The minimum atomic E-state index is 0.843. The first kappa shape index (κ1) is 9.59. The highest BCUT2D eigenvalue weighted by atomic mass is 16.5.